The number of aliphatic hydroxyl groups excluding tert-OH is 1. The first-order valence-electron chi connectivity index (χ1n) is 17.7. The summed E-state index contributed by atoms with van der Waals surface area (Å²) in [5, 5.41) is 20.3. The van der Waals surface area contributed by atoms with E-state index in [9.17, 15) is 33.9 Å². The molecule has 0 aliphatic carbocycles. The Morgan fingerprint density at radius 2 is 1.38 bits per heavy atom. The first-order chi connectivity index (χ1) is 26.3. The number of nitrogens with zero attached hydrogens (tertiary/aromatic N) is 2. The van der Waals surface area contributed by atoms with Crippen LogP contribution in [0.15, 0.2) is 66.7 Å². The molecule has 6 bridgehead atoms. The number of hydrogen-bond donors (Lipinski definition) is 5. The van der Waals surface area contributed by atoms with Gasteiger partial charge in [-0.05, 0) is 60.0 Å². The van der Waals surface area contributed by atoms with Crippen LogP contribution in [0.4, 0.5) is 0 Å². The highest BCUT2D eigenvalue weighted by Gasteiger charge is 2.37. The summed E-state index contributed by atoms with van der Waals surface area (Å²) in [6, 6.07) is 12.5. The van der Waals surface area contributed by atoms with E-state index in [0.29, 0.717) is 39.7 Å². The number of amides is 6. The number of nitrogens with one attached hydrogen (secondary N) is 4. The van der Waals surface area contributed by atoms with E-state index in [1.54, 1.807) is 66.7 Å². The molecule has 1 saturated heterocycles. The smallest absolute Gasteiger partial charge is 0.246 e. The Morgan fingerprint density at radius 3 is 2.04 bits per heavy atom. The first-order valence-corrected chi connectivity index (χ1v) is 17.7. The molecule has 3 heterocycles. The molecule has 292 valence electrons. The zero-order valence-corrected chi connectivity index (χ0v) is 31.3. The maximum Gasteiger partial charge on any atom is 0.246 e. The first kappa shape index (κ1) is 40.0. The Kier molecular flexibility index (Phi) is 12.9. The van der Waals surface area contributed by atoms with Gasteiger partial charge in [0.05, 0.1) is 27.4 Å². The molecule has 55 heavy (non-hydrogen) atoms. The molecule has 3 aromatic rings. The average Bonchev–Trinajstić information content (AvgIpc) is 3.18. The number of hydrogen-bond acceptors (Lipinski definition) is 10. The standard InChI is InChI=1S/C39H46N6O10/c1-22-35(48)43-29(21-46)37(50)42-28(16-23-6-11-26(53-4)12-7-23)36(49)40-20-34(47)44(2)31-17-24-8-13-27(14-9-24)55-33-19-25(10-15-32(33)54-5)18-30(38(51)41-22)45(3)39(31)52/h6-15,19,22,28-31,46H,16-18,20-21H2,1-5H3,(H,40,49)(H,41,51)(H,42,50)(H,43,48). The lowest BCUT2D eigenvalue weighted by atomic mass is 9.99. The van der Waals surface area contributed by atoms with Crippen molar-refractivity contribution in [3.05, 3.63) is 83.4 Å². The molecule has 0 radical (unpaired) electrons. The van der Waals surface area contributed by atoms with Crippen molar-refractivity contribution in [3.8, 4) is 23.0 Å². The maximum atomic E-state index is 14.5. The minimum atomic E-state index is -1.50. The van der Waals surface area contributed by atoms with Crippen LogP contribution in [0.5, 0.6) is 23.0 Å². The van der Waals surface area contributed by atoms with E-state index in [2.05, 4.69) is 21.3 Å². The molecule has 16 nitrogen and oxygen atoms in total. The van der Waals surface area contributed by atoms with Crippen molar-refractivity contribution in [3.63, 3.8) is 0 Å². The van der Waals surface area contributed by atoms with Crippen molar-refractivity contribution < 1.29 is 48.1 Å². The second kappa shape index (κ2) is 17.8. The van der Waals surface area contributed by atoms with Gasteiger partial charge in [-0.3, -0.25) is 28.8 Å². The van der Waals surface area contributed by atoms with Gasteiger partial charge < -0.3 is 50.4 Å². The summed E-state index contributed by atoms with van der Waals surface area (Å²) in [6.45, 7) is 0.0193. The number of likely N-dealkylation sites (N-methyl/N-ethyl adjacent to an activating group) is 2. The van der Waals surface area contributed by atoms with Crippen LogP contribution >= 0.6 is 0 Å². The van der Waals surface area contributed by atoms with Gasteiger partial charge in [-0.15, -0.1) is 0 Å². The van der Waals surface area contributed by atoms with Gasteiger partial charge in [-0.25, -0.2) is 0 Å². The van der Waals surface area contributed by atoms with Crippen molar-refractivity contribution in [2.75, 3.05) is 41.5 Å². The summed E-state index contributed by atoms with van der Waals surface area (Å²) in [4.78, 5) is 85.3. The van der Waals surface area contributed by atoms with E-state index in [1.807, 2.05) is 0 Å². The van der Waals surface area contributed by atoms with Gasteiger partial charge >= 0.3 is 0 Å². The summed E-state index contributed by atoms with van der Waals surface area (Å²) < 4.78 is 16.9. The Balaban J connectivity index is 1.54. The minimum absolute atomic E-state index is 0.0210. The predicted molar refractivity (Wildman–Crippen MR) is 198 cm³/mol. The third-order valence-corrected chi connectivity index (χ3v) is 9.71. The Hall–Kier alpha value is -6.16. The van der Waals surface area contributed by atoms with E-state index in [-0.39, 0.29) is 19.3 Å². The molecule has 1 fully saturated rings. The number of rotatable bonds is 5. The third-order valence-electron chi connectivity index (χ3n) is 9.71. The molecule has 0 aromatic heterocycles. The number of carbonyl (C=O) groups is 6. The minimum Gasteiger partial charge on any atom is -0.497 e. The predicted octanol–water partition coefficient (Wildman–Crippen LogP) is 0.0878. The van der Waals surface area contributed by atoms with Gasteiger partial charge in [0.15, 0.2) is 11.5 Å². The summed E-state index contributed by atoms with van der Waals surface area (Å²) in [5.74, 6) is -2.43. The normalized spacial score (nSPS) is 23.0. The number of ether oxygens (including phenoxy) is 3. The SMILES string of the molecule is COc1ccc(CC2NC(=O)C(CO)NC(=O)C(C)NC(=O)C3Cc4ccc(OC)c(c4)Oc4ccc(cc4)CC(C(=O)N3C)N(C)C(=O)CNC2=O)cc1. The lowest BCUT2D eigenvalue weighted by molar-refractivity contribution is -0.148. The van der Waals surface area contributed by atoms with Crippen molar-refractivity contribution in [1.82, 2.24) is 31.1 Å². The molecule has 3 aliphatic rings. The van der Waals surface area contributed by atoms with E-state index in [1.165, 1.54) is 45.0 Å². The Labute approximate surface area is 318 Å². The topological polar surface area (TPSA) is 205 Å². The quantitative estimate of drug-likeness (QED) is 0.237. The van der Waals surface area contributed by atoms with Gasteiger partial charge in [-0.2, -0.15) is 0 Å². The van der Waals surface area contributed by atoms with E-state index in [4.69, 9.17) is 14.2 Å². The third kappa shape index (κ3) is 9.69. The maximum absolute atomic E-state index is 14.5. The molecular weight excluding hydrogens is 712 g/mol. The molecule has 3 aliphatic heterocycles. The van der Waals surface area contributed by atoms with Crippen LogP contribution < -0.4 is 35.5 Å². The zero-order chi connectivity index (χ0) is 39.8. The van der Waals surface area contributed by atoms with Gasteiger partial charge in [0, 0.05) is 33.4 Å². The summed E-state index contributed by atoms with van der Waals surface area (Å²) in [5.41, 5.74) is 1.90. The van der Waals surface area contributed by atoms with Crippen LogP contribution in [-0.4, -0.2) is 122 Å². The lowest BCUT2D eigenvalue weighted by Crippen LogP contribution is -2.61. The highest BCUT2D eigenvalue weighted by atomic mass is 16.5. The Bertz CT molecular complexity index is 1900. The highest BCUT2D eigenvalue weighted by Crippen LogP contribution is 2.33. The molecule has 6 amide bonds. The van der Waals surface area contributed by atoms with Crippen LogP contribution in [0.2, 0.25) is 0 Å². The fraction of sp³-hybridized carbons (Fsp3) is 0.385. The van der Waals surface area contributed by atoms with Gasteiger partial charge in [0.25, 0.3) is 0 Å². The van der Waals surface area contributed by atoms with Gasteiger partial charge in [0.2, 0.25) is 35.4 Å². The second-order valence-electron chi connectivity index (χ2n) is 13.4. The van der Waals surface area contributed by atoms with Crippen LogP contribution in [0.3, 0.4) is 0 Å². The molecular formula is C39H46N6O10. The Morgan fingerprint density at radius 1 is 0.727 bits per heavy atom. The van der Waals surface area contributed by atoms with Crippen molar-refractivity contribution in [2.45, 2.75) is 56.4 Å². The van der Waals surface area contributed by atoms with Gasteiger partial charge in [0.1, 0.15) is 41.7 Å². The van der Waals surface area contributed by atoms with Crippen molar-refractivity contribution >= 4 is 35.4 Å². The van der Waals surface area contributed by atoms with Crippen LogP contribution in [0.25, 0.3) is 0 Å². The van der Waals surface area contributed by atoms with Crippen LogP contribution in [0.1, 0.15) is 23.6 Å². The van der Waals surface area contributed by atoms with E-state index < -0.39 is 78.8 Å². The average molecular weight is 759 g/mol. The number of carbonyl (C=O) groups excluding carboxylic acids is 6. The van der Waals surface area contributed by atoms with Crippen molar-refractivity contribution in [1.29, 1.82) is 0 Å². The molecule has 3 aromatic carbocycles. The molecule has 6 rings (SSSR count). The summed E-state index contributed by atoms with van der Waals surface area (Å²) in [6.07, 6.45) is -0.00894. The largest absolute Gasteiger partial charge is 0.497 e. The number of fused-ring (bicyclic) bond motifs is 2. The molecule has 0 spiro atoms. The molecule has 0 saturated carbocycles. The molecule has 16 heteroatoms. The zero-order valence-electron chi connectivity index (χ0n) is 31.3. The van der Waals surface area contributed by atoms with Crippen LogP contribution in [-0.2, 0) is 48.0 Å². The molecule has 5 N–H and O–H groups in total. The number of methoxy groups -OCH3 is 2. The number of benzene rings is 3. The summed E-state index contributed by atoms with van der Waals surface area (Å²) in [7, 11) is 5.88. The lowest BCUT2D eigenvalue weighted by Gasteiger charge is -2.35. The second-order valence-corrected chi connectivity index (χ2v) is 13.4. The summed E-state index contributed by atoms with van der Waals surface area (Å²) >= 11 is 0. The monoisotopic (exact) mass is 758 g/mol. The van der Waals surface area contributed by atoms with Crippen molar-refractivity contribution in [2.24, 2.45) is 0 Å². The van der Waals surface area contributed by atoms with E-state index in [0.717, 1.165) is 0 Å². The number of aliphatic hydroxyl groups is 1. The van der Waals surface area contributed by atoms with Crippen LogP contribution in [0, 0.1) is 0 Å². The van der Waals surface area contributed by atoms with Gasteiger partial charge in [-0.1, -0.05) is 30.3 Å². The molecule has 5 atom stereocenters. The fourth-order valence-electron chi connectivity index (χ4n) is 6.31. The molecule has 5 unspecified atom stereocenters. The fourth-order valence-corrected chi connectivity index (χ4v) is 6.31. The van der Waals surface area contributed by atoms with E-state index >= 15 is 0 Å². The highest BCUT2D eigenvalue weighted by molar-refractivity contribution is 5.97.